The standard InChI is InChI=1S/C33H41BrClN7O2/c1-21-19-40(22(2)38-21)13-12-36-32(43)29-20-41(14-15-42(29)33(44)39-27-6-4-3-5-7-27)31-28-11-10-26(35)17-23(28)8-9-24-16-25(34)18-37-30(24)31/h10-11,16-19,27,29,31H,3-9,12-15,20H2,1-2H3,(H,36,43)(H,39,44)/t29-,31?/m1/s1. The van der Waals surface area contributed by atoms with Crippen LogP contribution in [0.4, 0.5) is 4.79 Å². The molecule has 0 spiro atoms. The van der Waals surface area contributed by atoms with Gasteiger partial charge in [-0.2, -0.15) is 0 Å². The Labute approximate surface area is 272 Å². The van der Waals surface area contributed by atoms with Crippen molar-refractivity contribution in [1.82, 2.24) is 35.0 Å². The molecule has 2 aliphatic carbocycles. The molecule has 3 amide bonds. The van der Waals surface area contributed by atoms with E-state index in [1.807, 2.05) is 36.9 Å². The smallest absolute Gasteiger partial charge is 0.318 e. The van der Waals surface area contributed by atoms with E-state index in [2.05, 4.69) is 54.6 Å². The first-order chi connectivity index (χ1) is 21.3. The summed E-state index contributed by atoms with van der Waals surface area (Å²) in [6, 6.07) is 7.48. The highest BCUT2D eigenvalue weighted by Gasteiger charge is 2.40. The van der Waals surface area contributed by atoms with Gasteiger partial charge >= 0.3 is 6.03 Å². The van der Waals surface area contributed by atoms with Crippen LogP contribution in [0.1, 0.15) is 72.0 Å². The maximum Gasteiger partial charge on any atom is 0.318 e. The minimum absolute atomic E-state index is 0.142. The number of hydrogen-bond acceptors (Lipinski definition) is 5. The maximum atomic E-state index is 13.9. The van der Waals surface area contributed by atoms with Gasteiger partial charge < -0.3 is 20.1 Å². The van der Waals surface area contributed by atoms with Gasteiger partial charge in [-0.3, -0.25) is 14.7 Å². The van der Waals surface area contributed by atoms with E-state index in [0.717, 1.165) is 65.8 Å². The number of piperazine rings is 1. The van der Waals surface area contributed by atoms with Crippen LogP contribution in [0.15, 0.2) is 41.1 Å². The highest BCUT2D eigenvalue weighted by Crippen LogP contribution is 2.38. The summed E-state index contributed by atoms with van der Waals surface area (Å²) in [7, 11) is 0. The molecule has 2 fully saturated rings. The molecule has 0 bridgehead atoms. The third kappa shape index (κ3) is 6.82. The Hall–Kier alpha value is -2.95. The molecule has 2 N–H and O–H groups in total. The lowest BCUT2D eigenvalue weighted by molar-refractivity contribution is -0.127. The van der Waals surface area contributed by atoms with Gasteiger partial charge in [0.15, 0.2) is 0 Å². The van der Waals surface area contributed by atoms with Gasteiger partial charge in [-0.1, -0.05) is 36.9 Å². The number of carbonyl (C=O) groups is 2. The van der Waals surface area contributed by atoms with E-state index in [4.69, 9.17) is 16.6 Å². The van der Waals surface area contributed by atoms with Gasteiger partial charge in [-0.15, -0.1) is 0 Å². The first-order valence-electron chi connectivity index (χ1n) is 15.8. The molecule has 1 aromatic carbocycles. The molecule has 3 aliphatic rings. The number of halogens is 2. The van der Waals surface area contributed by atoms with E-state index in [1.54, 1.807) is 4.90 Å². The van der Waals surface area contributed by atoms with Crippen LogP contribution in [-0.2, 0) is 24.2 Å². The molecule has 2 atom stereocenters. The summed E-state index contributed by atoms with van der Waals surface area (Å²) in [5, 5.41) is 7.11. The third-order valence-electron chi connectivity index (χ3n) is 9.31. The molecule has 2 aromatic heterocycles. The third-order valence-corrected chi connectivity index (χ3v) is 9.98. The van der Waals surface area contributed by atoms with Crippen LogP contribution in [0.2, 0.25) is 5.02 Å². The van der Waals surface area contributed by atoms with Gasteiger partial charge in [-0.25, -0.2) is 9.78 Å². The molecular formula is C33H41BrClN7O2. The zero-order chi connectivity index (χ0) is 30.8. The SMILES string of the molecule is Cc1cn(CCNC(=O)[C@H]2CN(C3c4ccc(Cl)cc4CCc4cc(Br)cnc43)CCN2C(=O)NC2CCCCC2)c(C)n1. The Bertz CT molecular complexity index is 1470. The van der Waals surface area contributed by atoms with Gasteiger partial charge in [0.05, 0.1) is 17.4 Å². The van der Waals surface area contributed by atoms with Crippen molar-refractivity contribution in [1.29, 1.82) is 0 Å². The summed E-state index contributed by atoms with van der Waals surface area (Å²) < 4.78 is 2.99. The van der Waals surface area contributed by atoms with Crippen molar-refractivity contribution >= 4 is 39.5 Å². The summed E-state index contributed by atoms with van der Waals surface area (Å²) in [6.07, 6.45) is 11.0. The van der Waals surface area contributed by atoms with Gasteiger partial charge in [0.1, 0.15) is 11.9 Å². The molecule has 6 rings (SSSR count). The lowest BCUT2D eigenvalue weighted by atomic mass is 9.95. The topological polar surface area (TPSA) is 95.4 Å². The fourth-order valence-corrected chi connectivity index (χ4v) is 7.68. The first kappa shape index (κ1) is 31.0. The number of aryl methyl sites for hydroxylation is 4. The number of fused-ring (bicyclic) bond motifs is 2. The Morgan fingerprint density at radius 1 is 1.07 bits per heavy atom. The van der Waals surface area contributed by atoms with E-state index in [1.165, 1.54) is 17.5 Å². The van der Waals surface area contributed by atoms with Crippen LogP contribution in [0.25, 0.3) is 0 Å². The normalized spacial score (nSPS) is 20.9. The number of rotatable bonds is 6. The molecule has 1 saturated carbocycles. The molecule has 234 valence electrons. The molecule has 1 aliphatic heterocycles. The maximum absolute atomic E-state index is 13.9. The van der Waals surface area contributed by atoms with Crippen LogP contribution in [0, 0.1) is 13.8 Å². The average molecular weight is 683 g/mol. The van der Waals surface area contributed by atoms with Crippen molar-refractivity contribution in [2.75, 3.05) is 26.2 Å². The zero-order valence-corrected chi connectivity index (χ0v) is 27.8. The van der Waals surface area contributed by atoms with Gasteiger partial charge in [0.2, 0.25) is 5.91 Å². The minimum Gasteiger partial charge on any atom is -0.352 e. The highest BCUT2D eigenvalue weighted by atomic mass is 79.9. The van der Waals surface area contributed by atoms with Gasteiger partial charge in [-0.05, 0) is 90.4 Å². The number of nitrogens with one attached hydrogen (secondary N) is 2. The molecule has 1 saturated heterocycles. The molecular weight excluding hydrogens is 642 g/mol. The molecule has 44 heavy (non-hydrogen) atoms. The van der Waals surface area contributed by atoms with Crippen LogP contribution < -0.4 is 10.6 Å². The lowest BCUT2D eigenvalue weighted by Crippen LogP contribution is -2.63. The molecule has 0 radical (unpaired) electrons. The van der Waals surface area contributed by atoms with Gasteiger partial charge in [0, 0.05) is 60.7 Å². The summed E-state index contributed by atoms with van der Waals surface area (Å²) in [6.45, 7) is 6.47. The number of urea groups is 1. The second kappa shape index (κ2) is 13.6. The van der Waals surface area contributed by atoms with E-state index in [0.29, 0.717) is 37.7 Å². The Kier molecular flexibility index (Phi) is 9.59. The number of hydrogen-bond donors (Lipinski definition) is 2. The summed E-state index contributed by atoms with van der Waals surface area (Å²) in [4.78, 5) is 41.1. The minimum atomic E-state index is -0.643. The second-order valence-corrected chi connectivity index (χ2v) is 13.7. The molecule has 11 heteroatoms. The van der Waals surface area contributed by atoms with Crippen molar-refractivity contribution in [2.24, 2.45) is 0 Å². The van der Waals surface area contributed by atoms with Crippen molar-refractivity contribution < 1.29 is 9.59 Å². The van der Waals surface area contributed by atoms with E-state index >= 15 is 0 Å². The van der Waals surface area contributed by atoms with E-state index in [9.17, 15) is 9.59 Å². The van der Waals surface area contributed by atoms with Crippen LogP contribution in [-0.4, -0.2) is 74.5 Å². The largest absolute Gasteiger partial charge is 0.352 e. The molecule has 9 nitrogen and oxygen atoms in total. The summed E-state index contributed by atoms with van der Waals surface area (Å²) in [5.74, 6) is 0.774. The van der Waals surface area contributed by atoms with Crippen molar-refractivity contribution in [3.8, 4) is 0 Å². The predicted molar refractivity (Wildman–Crippen MR) is 175 cm³/mol. The summed E-state index contributed by atoms with van der Waals surface area (Å²) in [5.41, 5.74) is 5.49. The highest BCUT2D eigenvalue weighted by molar-refractivity contribution is 9.10. The van der Waals surface area contributed by atoms with Crippen molar-refractivity contribution in [3.05, 3.63) is 80.1 Å². The Morgan fingerprint density at radius 3 is 2.64 bits per heavy atom. The molecule has 1 unspecified atom stereocenters. The Morgan fingerprint density at radius 2 is 1.86 bits per heavy atom. The number of pyridine rings is 1. The monoisotopic (exact) mass is 681 g/mol. The number of amides is 3. The van der Waals surface area contributed by atoms with Crippen LogP contribution in [0.3, 0.4) is 0 Å². The molecule has 3 heterocycles. The summed E-state index contributed by atoms with van der Waals surface area (Å²) >= 11 is 10.1. The Balaban J connectivity index is 1.27. The van der Waals surface area contributed by atoms with Crippen molar-refractivity contribution in [2.45, 2.75) is 83.5 Å². The first-order valence-corrected chi connectivity index (χ1v) is 17.0. The fraction of sp³-hybridized carbons (Fsp3) is 0.515. The number of imidazole rings is 1. The second-order valence-electron chi connectivity index (χ2n) is 12.3. The number of aromatic nitrogens is 3. The predicted octanol–water partition coefficient (Wildman–Crippen LogP) is 5.34. The lowest BCUT2D eigenvalue weighted by Gasteiger charge is -2.44. The van der Waals surface area contributed by atoms with E-state index < -0.39 is 6.04 Å². The number of benzene rings is 1. The average Bonchev–Trinajstić information content (AvgIpc) is 3.24. The van der Waals surface area contributed by atoms with Gasteiger partial charge in [0.25, 0.3) is 0 Å². The number of carbonyl (C=O) groups excluding carboxylic acids is 2. The number of nitrogens with zero attached hydrogens (tertiary/aromatic N) is 5. The molecule has 3 aromatic rings. The zero-order valence-electron chi connectivity index (χ0n) is 25.5. The van der Waals surface area contributed by atoms with E-state index in [-0.39, 0.29) is 24.0 Å². The fourth-order valence-electron chi connectivity index (χ4n) is 7.10. The van der Waals surface area contributed by atoms with Crippen LogP contribution >= 0.6 is 27.5 Å². The van der Waals surface area contributed by atoms with Crippen LogP contribution in [0.5, 0.6) is 0 Å². The van der Waals surface area contributed by atoms with Crippen molar-refractivity contribution in [3.63, 3.8) is 0 Å². The quantitative estimate of drug-likeness (QED) is 0.366.